The zero-order valence-electron chi connectivity index (χ0n) is 19.4. The van der Waals surface area contributed by atoms with E-state index in [2.05, 4.69) is 0 Å². The second-order valence-electron chi connectivity index (χ2n) is 7.68. The quantitative estimate of drug-likeness (QED) is 0.344. The SMILES string of the molecule is CCOC(=O)CC=P(c1ccccc1)(c1ccccc1)c1ccccc1C(=O)OC(C)CC#N. The van der Waals surface area contributed by atoms with Crippen LogP contribution >= 0.6 is 6.89 Å². The van der Waals surface area contributed by atoms with Gasteiger partial charge in [-0.2, -0.15) is 5.26 Å². The van der Waals surface area contributed by atoms with E-state index in [1.165, 1.54) is 0 Å². The highest BCUT2D eigenvalue weighted by Gasteiger charge is 2.30. The summed E-state index contributed by atoms with van der Waals surface area (Å²) in [6.45, 7) is 1.21. The van der Waals surface area contributed by atoms with Gasteiger partial charge in [-0.25, -0.2) is 4.79 Å². The number of rotatable bonds is 9. The fourth-order valence-corrected chi connectivity index (χ4v) is 7.91. The van der Waals surface area contributed by atoms with Crippen LogP contribution in [0.15, 0.2) is 84.9 Å². The van der Waals surface area contributed by atoms with Gasteiger partial charge in [0.1, 0.15) is 6.10 Å². The summed E-state index contributed by atoms with van der Waals surface area (Å²) in [7, 11) is 0. The molecule has 3 rings (SSSR count). The van der Waals surface area contributed by atoms with Crippen molar-refractivity contribution in [3.05, 3.63) is 90.5 Å². The molecule has 0 heterocycles. The lowest BCUT2D eigenvalue weighted by molar-refractivity contribution is -0.141. The first-order valence-electron chi connectivity index (χ1n) is 11.2. The highest BCUT2D eigenvalue weighted by atomic mass is 31.2. The van der Waals surface area contributed by atoms with Gasteiger partial charge in [0.05, 0.1) is 31.1 Å². The minimum atomic E-state index is -2.57. The molecular weight excluding hydrogens is 445 g/mol. The van der Waals surface area contributed by atoms with E-state index in [1.54, 1.807) is 26.0 Å². The number of hydrogen-bond acceptors (Lipinski definition) is 5. The Morgan fingerprint density at radius 3 is 2.06 bits per heavy atom. The summed E-state index contributed by atoms with van der Waals surface area (Å²) in [6, 6.07) is 29.2. The molecule has 0 amide bonds. The summed E-state index contributed by atoms with van der Waals surface area (Å²) in [6.07, 6.45) is -0.324. The van der Waals surface area contributed by atoms with E-state index in [0.29, 0.717) is 12.2 Å². The van der Waals surface area contributed by atoms with Crippen molar-refractivity contribution < 1.29 is 19.1 Å². The zero-order chi connectivity index (χ0) is 24.4. The first-order chi connectivity index (χ1) is 16.5. The molecule has 3 aromatic carbocycles. The molecule has 0 aliphatic rings. The van der Waals surface area contributed by atoms with Gasteiger partial charge in [-0.15, -0.1) is 0 Å². The summed E-state index contributed by atoms with van der Waals surface area (Å²) in [5.41, 5.74) is 0.424. The minimum absolute atomic E-state index is 0.0968. The van der Waals surface area contributed by atoms with Crippen molar-refractivity contribution >= 4 is 40.5 Å². The third-order valence-corrected chi connectivity index (χ3v) is 9.46. The lowest BCUT2D eigenvalue weighted by atomic mass is 10.2. The normalized spacial score (nSPS) is 11.7. The Bertz CT molecular complexity index is 1170. The van der Waals surface area contributed by atoms with Crippen LogP contribution < -0.4 is 15.9 Å². The average Bonchev–Trinajstić information content (AvgIpc) is 2.86. The molecule has 6 heteroatoms. The van der Waals surface area contributed by atoms with Crippen LogP contribution in [-0.2, 0) is 14.3 Å². The van der Waals surface area contributed by atoms with E-state index in [0.717, 1.165) is 15.9 Å². The van der Waals surface area contributed by atoms with Crippen LogP contribution in [-0.4, -0.2) is 30.4 Å². The Hall–Kier alpha value is -3.61. The van der Waals surface area contributed by atoms with Gasteiger partial charge < -0.3 is 9.47 Å². The molecule has 0 saturated carbocycles. The second kappa shape index (κ2) is 12.0. The maximum absolute atomic E-state index is 13.3. The van der Waals surface area contributed by atoms with Crippen LogP contribution in [0.25, 0.3) is 0 Å². The van der Waals surface area contributed by atoms with Crippen molar-refractivity contribution in [2.45, 2.75) is 32.8 Å². The third kappa shape index (κ3) is 5.65. The summed E-state index contributed by atoms with van der Waals surface area (Å²) >= 11 is 0. The van der Waals surface area contributed by atoms with Crippen molar-refractivity contribution in [2.75, 3.05) is 6.61 Å². The largest absolute Gasteiger partial charge is 0.466 e. The summed E-state index contributed by atoms with van der Waals surface area (Å²) < 4.78 is 10.8. The molecule has 0 bridgehead atoms. The highest BCUT2D eigenvalue weighted by Crippen LogP contribution is 2.45. The molecule has 3 aromatic rings. The van der Waals surface area contributed by atoms with E-state index in [4.69, 9.17) is 14.7 Å². The van der Waals surface area contributed by atoms with Crippen LogP contribution in [0.2, 0.25) is 0 Å². The molecule has 0 aliphatic carbocycles. The molecule has 34 heavy (non-hydrogen) atoms. The Kier molecular flexibility index (Phi) is 8.85. The fraction of sp³-hybridized carbons (Fsp3) is 0.214. The first kappa shape index (κ1) is 25.0. The maximum Gasteiger partial charge on any atom is 0.339 e. The Balaban J connectivity index is 2.31. The predicted octanol–water partition coefficient (Wildman–Crippen LogP) is 4.19. The van der Waals surface area contributed by atoms with Crippen molar-refractivity contribution in [2.24, 2.45) is 0 Å². The minimum Gasteiger partial charge on any atom is -0.466 e. The summed E-state index contributed by atoms with van der Waals surface area (Å²) in [4.78, 5) is 25.7. The van der Waals surface area contributed by atoms with Crippen LogP contribution in [0.1, 0.15) is 37.0 Å². The zero-order valence-corrected chi connectivity index (χ0v) is 20.3. The molecule has 0 aromatic heterocycles. The Morgan fingerprint density at radius 1 is 0.941 bits per heavy atom. The molecule has 0 aliphatic heterocycles. The predicted molar refractivity (Wildman–Crippen MR) is 138 cm³/mol. The van der Waals surface area contributed by atoms with Crippen molar-refractivity contribution in [3.8, 4) is 6.07 Å². The van der Waals surface area contributed by atoms with E-state index >= 15 is 0 Å². The Morgan fingerprint density at radius 2 is 1.50 bits per heavy atom. The van der Waals surface area contributed by atoms with Crippen molar-refractivity contribution in [1.82, 2.24) is 0 Å². The van der Waals surface area contributed by atoms with Crippen LogP contribution in [0, 0.1) is 11.3 Å². The third-order valence-electron chi connectivity index (χ3n) is 5.35. The van der Waals surface area contributed by atoms with E-state index in [-0.39, 0.29) is 18.8 Å². The number of carbonyl (C=O) groups excluding carboxylic acids is 2. The standard InChI is InChI=1S/C28H28NO4P/c1-3-32-27(30)19-21-34(23-12-6-4-7-13-23,24-14-8-5-9-15-24)26-17-11-10-16-25(26)28(31)33-22(2)18-20-29/h4-17,21-22H,3,18-19H2,1-2H3. The molecule has 1 atom stereocenters. The molecule has 0 saturated heterocycles. The number of ether oxygens (including phenoxy) is 2. The van der Waals surface area contributed by atoms with Gasteiger partial charge in [-0.1, -0.05) is 84.7 Å². The number of esters is 2. The summed E-state index contributed by atoms with van der Waals surface area (Å²) in [5.74, 6) is 1.21. The van der Waals surface area contributed by atoms with E-state index in [1.807, 2.05) is 84.7 Å². The fourth-order valence-electron chi connectivity index (χ4n) is 3.86. The van der Waals surface area contributed by atoms with Gasteiger partial charge in [0.25, 0.3) is 0 Å². The first-order valence-corrected chi connectivity index (χ1v) is 13.1. The molecule has 174 valence electrons. The lowest BCUT2D eigenvalue weighted by Crippen LogP contribution is -2.32. The highest BCUT2D eigenvalue weighted by molar-refractivity contribution is 7.94. The van der Waals surface area contributed by atoms with Crippen LogP contribution in [0.4, 0.5) is 0 Å². The van der Waals surface area contributed by atoms with E-state index in [9.17, 15) is 9.59 Å². The maximum atomic E-state index is 13.3. The van der Waals surface area contributed by atoms with Crippen LogP contribution in [0.3, 0.4) is 0 Å². The Labute approximate surface area is 200 Å². The number of nitriles is 1. The van der Waals surface area contributed by atoms with Gasteiger partial charge in [0.2, 0.25) is 0 Å². The van der Waals surface area contributed by atoms with Gasteiger partial charge in [0.15, 0.2) is 0 Å². The average molecular weight is 474 g/mol. The number of hydrogen-bond donors (Lipinski definition) is 0. The van der Waals surface area contributed by atoms with Crippen molar-refractivity contribution in [1.29, 1.82) is 5.26 Å². The number of benzene rings is 3. The molecular formula is C28H28NO4P. The van der Waals surface area contributed by atoms with Gasteiger partial charge in [0, 0.05) is 0 Å². The van der Waals surface area contributed by atoms with E-state index < -0.39 is 19.0 Å². The van der Waals surface area contributed by atoms with Gasteiger partial charge in [-0.3, -0.25) is 4.79 Å². The van der Waals surface area contributed by atoms with Crippen LogP contribution in [0.5, 0.6) is 0 Å². The van der Waals surface area contributed by atoms with Crippen molar-refractivity contribution in [3.63, 3.8) is 0 Å². The monoisotopic (exact) mass is 473 g/mol. The molecule has 0 N–H and O–H groups in total. The molecule has 0 radical (unpaired) electrons. The van der Waals surface area contributed by atoms with Gasteiger partial charge >= 0.3 is 11.9 Å². The second-order valence-corrected chi connectivity index (χ2v) is 11.0. The molecule has 5 nitrogen and oxygen atoms in total. The smallest absolute Gasteiger partial charge is 0.339 e. The molecule has 1 unspecified atom stereocenters. The lowest BCUT2D eigenvalue weighted by Gasteiger charge is -2.30. The number of nitrogens with zero attached hydrogens (tertiary/aromatic N) is 1. The van der Waals surface area contributed by atoms with Gasteiger partial charge in [-0.05, 0) is 42.7 Å². The molecule has 0 spiro atoms. The molecule has 0 fully saturated rings. The summed E-state index contributed by atoms with van der Waals surface area (Å²) in [5, 5.41) is 11.8. The topological polar surface area (TPSA) is 76.4 Å². The number of carbonyl (C=O) groups is 2.